The van der Waals surface area contributed by atoms with Crippen LogP contribution in [0.25, 0.3) is 0 Å². The summed E-state index contributed by atoms with van der Waals surface area (Å²) >= 11 is 0. The van der Waals surface area contributed by atoms with Crippen molar-refractivity contribution < 1.29 is 4.79 Å². The van der Waals surface area contributed by atoms with Crippen molar-refractivity contribution in [2.75, 3.05) is 25.5 Å². The average molecular weight is 414 g/mol. The number of terminal acetylenes is 1. The molecule has 0 radical (unpaired) electrons. The van der Waals surface area contributed by atoms with E-state index < -0.39 is 0 Å². The van der Waals surface area contributed by atoms with E-state index in [4.69, 9.17) is 6.42 Å². The Morgan fingerprint density at radius 2 is 2.09 bits per heavy atom. The fraction of sp³-hybridized carbons (Fsp3) is 0.375. The van der Waals surface area contributed by atoms with Gasteiger partial charge in [-0.15, -0.1) is 30.4 Å². The summed E-state index contributed by atoms with van der Waals surface area (Å²) in [6.45, 7) is 5.14. The average Bonchev–Trinajstić information content (AvgIpc) is 2.47. The van der Waals surface area contributed by atoms with Gasteiger partial charge in [0.2, 0.25) is 5.91 Å². The Kier molecular flexibility index (Phi) is 10.0. The van der Waals surface area contributed by atoms with Crippen LogP contribution in [0.2, 0.25) is 0 Å². The molecule has 0 aliphatic rings. The lowest BCUT2D eigenvalue weighted by molar-refractivity contribution is -0.115. The number of halogens is 1. The number of rotatable bonds is 5. The summed E-state index contributed by atoms with van der Waals surface area (Å²) in [5.74, 6) is 3.49. The SMILES string of the molecule is C#Cc1cccc(NC(=O)CNC(=NC)NCC(C)C)c1.I. The molecule has 0 aliphatic carbocycles. The summed E-state index contributed by atoms with van der Waals surface area (Å²) in [4.78, 5) is 15.9. The monoisotopic (exact) mass is 414 g/mol. The molecule has 1 aromatic rings. The highest BCUT2D eigenvalue weighted by Crippen LogP contribution is 2.09. The predicted octanol–water partition coefficient (Wildman–Crippen LogP) is 2.05. The van der Waals surface area contributed by atoms with E-state index in [0.717, 1.165) is 12.1 Å². The standard InChI is InChI=1S/C16H22N4O.HI/c1-5-13-7-6-8-14(9-13)20-15(21)11-19-16(17-4)18-10-12(2)3;/h1,6-9,12H,10-11H2,2-4H3,(H,20,21)(H2,17,18,19);1H. The Morgan fingerprint density at radius 3 is 2.68 bits per heavy atom. The Labute approximate surface area is 149 Å². The number of carbonyl (C=O) groups excluding carboxylic acids is 1. The van der Waals surface area contributed by atoms with Crippen LogP contribution in [0.1, 0.15) is 19.4 Å². The Balaban J connectivity index is 0.00000441. The molecule has 0 saturated heterocycles. The highest BCUT2D eigenvalue weighted by molar-refractivity contribution is 14.0. The van der Waals surface area contributed by atoms with E-state index in [1.807, 2.05) is 6.07 Å². The number of carbonyl (C=O) groups is 1. The fourth-order valence-electron chi connectivity index (χ4n) is 1.58. The van der Waals surface area contributed by atoms with Crippen LogP contribution in [0.15, 0.2) is 29.3 Å². The van der Waals surface area contributed by atoms with E-state index in [0.29, 0.717) is 17.6 Å². The molecule has 0 aliphatic heterocycles. The summed E-state index contributed by atoms with van der Waals surface area (Å²) in [6, 6.07) is 7.17. The molecule has 1 aromatic carbocycles. The highest BCUT2D eigenvalue weighted by Gasteiger charge is 2.05. The van der Waals surface area contributed by atoms with Gasteiger partial charge in [-0.1, -0.05) is 25.8 Å². The summed E-state index contributed by atoms with van der Waals surface area (Å²) in [7, 11) is 1.67. The molecule has 0 bridgehead atoms. The van der Waals surface area contributed by atoms with Gasteiger partial charge < -0.3 is 16.0 Å². The van der Waals surface area contributed by atoms with E-state index in [-0.39, 0.29) is 36.4 Å². The van der Waals surface area contributed by atoms with Gasteiger partial charge in [0.05, 0.1) is 6.54 Å². The van der Waals surface area contributed by atoms with Gasteiger partial charge >= 0.3 is 0 Å². The first-order valence-electron chi connectivity index (χ1n) is 6.86. The van der Waals surface area contributed by atoms with Crippen LogP contribution in [0.5, 0.6) is 0 Å². The van der Waals surface area contributed by atoms with E-state index in [1.54, 1.807) is 25.2 Å². The van der Waals surface area contributed by atoms with Crippen LogP contribution in [-0.2, 0) is 4.79 Å². The summed E-state index contributed by atoms with van der Waals surface area (Å²) in [5.41, 5.74) is 1.41. The van der Waals surface area contributed by atoms with Crippen LogP contribution in [-0.4, -0.2) is 32.0 Å². The summed E-state index contributed by atoms with van der Waals surface area (Å²) in [6.07, 6.45) is 5.32. The van der Waals surface area contributed by atoms with Crippen LogP contribution < -0.4 is 16.0 Å². The van der Waals surface area contributed by atoms with Crippen molar-refractivity contribution in [3.63, 3.8) is 0 Å². The lowest BCUT2D eigenvalue weighted by Gasteiger charge is -2.13. The maximum atomic E-state index is 11.9. The van der Waals surface area contributed by atoms with Crippen LogP contribution in [0.4, 0.5) is 5.69 Å². The first kappa shape index (κ1) is 20.2. The van der Waals surface area contributed by atoms with Crippen molar-refractivity contribution in [1.82, 2.24) is 10.6 Å². The van der Waals surface area contributed by atoms with Crippen LogP contribution in [0.3, 0.4) is 0 Å². The lowest BCUT2D eigenvalue weighted by atomic mass is 10.2. The van der Waals surface area contributed by atoms with Crippen molar-refractivity contribution in [2.24, 2.45) is 10.9 Å². The second-order valence-corrected chi connectivity index (χ2v) is 4.97. The van der Waals surface area contributed by atoms with E-state index >= 15 is 0 Å². The molecule has 22 heavy (non-hydrogen) atoms. The third-order valence-electron chi connectivity index (χ3n) is 2.63. The predicted molar refractivity (Wildman–Crippen MR) is 103 cm³/mol. The Morgan fingerprint density at radius 1 is 1.36 bits per heavy atom. The zero-order chi connectivity index (χ0) is 15.7. The second-order valence-electron chi connectivity index (χ2n) is 4.97. The van der Waals surface area contributed by atoms with Gasteiger partial charge in [0.15, 0.2) is 5.96 Å². The molecule has 1 rings (SSSR count). The maximum absolute atomic E-state index is 11.9. The quantitative estimate of drug-likeness (QED) is 0.299. The van der Waals surface area contributed by atoms with Crippen molar-refractivity contribution in [1.29, 1.82) is 0 Å². The number of hydrogen-bond acceptors (Lipinski definition) is 2. The minimum atomic E-state index is -0.156. The topological polar surface area (TPSA) is 65.5 Å². The third-order valence-corrected chi connectivity index (χ3v) is 2.63. The number of nitrogens with one attached hydrogen (secondary N) is 3. The van der Waals surface area contributed by atoms with Crippen LogP contribution in [0, 0.1) is 18.3 Å². The molecule has 3 N–H and O–H groups in total. The normalized spacial score (nSPS) is 10.4. The number of anilines is 1. The van der Waals surface area contributed by atoms with Gasteiger partial charge in [0, 0.05) is 24.8 Å². The molecule has 1 amide bonds. The lowest BCUT2D eigenvalue weighted by Crippen LogP contribution is -2.42. The molecular weight excluding hydrogens is 391 g/mol. The third kappa shape index (κ3) is 7.88. The van der Waals surface area contributed by atoms with Gasteiger partial charge in [-0.05, 0) is 24.1 Å². The second kappa shape index (κ2) is 10.9. The number of benzene rings is 1. The largest absolute Gasteiger partial charge is 0.356 e. The van der Waals surface area contributed by atoms with Crippen molar-refractivity contribution in [2.45, 2.75) is 13.8 Å². The van der Waals surface area contributed by atoms with Crippen molar-refractivity contribution >= 4 is 41.5 Å². The molecule has 0 fully saturated rings. The Hall–Kier alpha value is -1.75. The van der Waals surface area contributed by atoms with Crippen molar-refractivity contribution in [3.05, 3.63) is 29.8 Å². The molecule has 6 heteroatoms. The molecule has 0 atom stereocenters. The van der Waals surface area contributed by atoms with Gasteiger partial charge in [-0.3, -0.25) is 9.79 Å². The van der Waals surface area contributed by atoms with Gasteiger partial charge in [0.25, 0.3) is 0 Å². The van der Waals surface area contributed by atoms with Gasteiger partial charge in [0.1, 0.15) is 0 Å². The zero-order valence-corrected chi connectivity index (χ0v) is 15.5. The fourth-order valence-corrected chi connectivity index (χ4v) is 1.58. The molecule has 5 nitrogen and oxygen atoms in total. The molecule has 0 unspecified atom stereocenters. The molecule has 120 valence electrons. The number of hydrogen-bond donors (Lipinski definition) is 3. The van der Waals surface area contributed by atoms with Crippen LogP contribution >= 0.6 is 24.0 Å². The molecule has 0 aromatic heterocycles. The van der Waals surface area contributed by atoms with E-state index in [9.17, 15) is 4.79 Å². The van der Waals surface area contributed by atoms with Crippen molar-refractivity contribution in [3.8, 4) is 12.3 Å². The molecule has 0 spiro atoms. The smallest absolute Gasteiger partial charge is 0.243 e. The number of amides is 1. The maximum Gasteiger partial charge on any atom is 0.243 e. The molecular formula is C16H23IN4O. The van der Waals surface area contributed by atoms with E-state index in [1.165, 1.54) is 0 Å². The molecule has 0 heterocycles. The molecule has 0 saturated carbocycles. The Bertz CT molecular complexity index is 549. The minimum absolute atomic E-state index is 0. The summed E-state index contributed by atoms with van der Waals surface area (Å²) < 4.78 is 0. The number of nitrogens with zero attached hydrogens (tertiary/aromatic N) is 1. The summed E-state index contributed by atoms with van der Waals surface area (Å²) in [5, 5.41) is 8.88. The van der Waals surface area contributed by atoms with Gasteiger partial charge in [-0.25, -0.2) is 0 Å². The number of aliphatic imine (C=N–C) groups is 1. The van der Waals surface area contributed by atoms with E-state index in [2.05, 4.69) is 40.7 Å². The first-order valence-corrected chi connectivity index (χ1v) is 6.86. The highest BCUT2D eigenvalue weighted by atomic mass is 127. The van der Waals surface area contributed by atoms with Gasteiger partial charge in [-0.2, -0.15) is 0 Å². The number of guanidine groups is 1. The first-order chi connectivity index (χ1) is 10.0. The zero-order valence-electron chi connectivity index (χ0n) is 13.1. The minimum Gasteiger partial charge on any atom is -0.356 e.